The smallest absolute Gasteiger partial charge is 0.360 e. The summed E-state index contributed by atoms with van der Waals surface area (Å²) in [4.78, 5) is 3.29. The van der Waals surface area contributed by atoms with Gasteiger partial charge in [-0.1, -0.05) is 6.08 Å². The summed E-state index contributed by atoms with van der Waals surface area (Å²) < 4.78 is 39.3. The number of hydrogen-bond donors (Lipinski definition) is 1. The Morgan fingerprint density at radius 3 is 2.71 bits per heavy atom. The molecule has 0 fully saturated rings. The van der Waals surface area contributed by atoms with Crippen LogP contribution in [0, 0.1) is 0 Å². The van der Waals surface area contributed by atoms with Crippen LogP contribution in [0.4, 0.5) is 18.3 Å². The monoisotopic (exact) mass is 223 g/mol. The van der Waals surface area contributed by atoms with Gasteiger partial charge < -0.3 is 5.32 Å². The summed E-state index contributed by atoms with van der Waals surface area (Å²) in [5.74, 6) is -1.09. The van der Waals surface area contributed by atoms with Gasteiger partial charge in [-0.25, -0.2) is 0 Å². The Balaban J connectivity index is 2.55. The van der Waals surface area contributed by atoms with Crippen LogP contribution in [-0.2, 0) is 6.18 Å². The van der Waals surface area contributed by atoms with Crippen LogP contribution in [0.2, 0.25) is 0 Å². The molecule has 0 amide bonds. The molecule has 0 aromatic carbocycles. The van der Waals surface area contributed by atoms with Crippen LogP contribution in [0.15, 0.2) is 12.7 Å². The van der Waals surface area contributed by atoms with E-state index in [2.05, 4.69) is 21.3 Å². The molecule has 3 nitrogen and oxygen atoms in total. The predicted molar refractivity (Wildman–Crippen MR) is 48.2 cm³/mol. The maximum absolute atomic E-state index is 12.0. The minimum absolute atomic E-state index is 0.180. The molecule has 1 rings (SSSR count). The third-order valence-electron chi connectivity index (χ3n) is 1.30. The van der Waals surface area contributed by atoms with Gasteiger partial charge in [0.1, 0.15) is 0 Å². The zero-order chi connectivity index (χ0) is 10.6. The molecule has 0 atom stereocenters. The molecule has 14 heavy (non-hydrogen) atoms. The molecule has 0 spiro atoms. The van der Waals surface area contributed by atoms with E-state index in [9.17, 15) is 13.2 Å². The molecule has 0 saturated heterocycles. The van der Waals surface area contributed by atoms with E-state index in [1.165, 1.54) is 0 Å². The first-order valence-corrected chi connectivity index (χ1v) is 4.57. The standard InChI is InChI=1S/C7H8F3N3S/c1-2-3-4-11-6-12-5(13-14-6)7(8,9)10/h2H,1,3-4H2,(H,11,12,13). The number of anilines is 1. The maximum atomic E-state index is 12.0. The highest BCUT2D eigenvalue weighted by atomic mass is 32.1. The van der Waals surface area contributed by atoms with E-state index in [1.54, 1.807) is 6.08 Å². The van der Waals surface area contributed by atoms with Gasteiger partial charge >= 0.3 is 6.18 Å². The number of aromatic nitrogens is 2. The fourth-order valence-electron chi connectivity index (χ4n) is 0.692. The molecular formula is C7H8F3N3S. The van der Waals surface area contributed by atoms with Crippen LogP contribution in [0.25, 0.3) is 0 Å². The van der Waals surface area contributed by atoms with Crippen LogP contribution in [0.5, 0.6) is 0 Å². The highest BCUT2D eigenvalue weighted by molar-refractivity contribution is 7.09. The average Bonchev–Trinajstić information content (AvgIpc) is 2.52. The summed E-state index contributed by atoms with van der Waals surface area (Å²) in [6.07, 6.45) is -2.13. The Labute approximate surface area is 82.8 Å². The zero-order valence-electron chi connectivity index (χ0n) is 7.14. The third kappa shape index (κ3) is 2.99. The SMILES string of the molecule is C=CCCNc1nc(C(F)(F)F)ns1. The molecule has 1 aromatic rings. The molecule has 0 bridgehead atoms. The molecule has 0 aliphatic rings. The number of alkyl halides is 3. The molecule has 1 aromatic heterocycles. The Morgan fingerprint density at radius 2 is 2.21 bits per heavy atom. The lowest BCUT2D eigenvalue weighted by Crippen LogP contribution is -2.07. The Hall–Kier alpha value is -1.11. The largest absolute Gasteiger partial charge is 0.452 e. The van der Waals surface area contributed by atoms with Gasteiger partial charge in [-0.15, -0.1) is 6.58 Å². The van der Waals surface area contributed by atoms with Gasteiger partial charge in [0.05, 0.1) is 0 Å². The first kappa shape index (κ1) is 11.0. The van der Waals surface area contributed by atoms with Gasteiger partial charge in [-0.05, 0) is 6.42 Å². The molecule has 1 N–H and O–H groups in total. The van der Waals surface area contributed by atoms with Gasteiger partial charge in [-0.2, -0.15) is 22.5 Å². The number of halogens is 3. The van der Waals surface area contributed by atoms with E-state index in [1.807, 2.05) is 0 Å². The van der Waals surface area contributed by atoms with Gasteiger partial charge in [-0.3, -0.25) is 0 Å². The zero-order valence-corrected chi connectivity index (χ0v) is 7.95. The van der Waals surface area contributed by atoms with E-state index in [0.29, 0.717) is 24.5 Å². The number of rotatable bonds is 4. The van der Waals surface area contributed by atoms with Crippen LogP contribution in [0.3, 0.4) is 0 Å². The highest BCUT2D eigenvalue weighted by Gasteiger charge is 2.35. The van der Waals surface area contributed by atoms with Crippen molar-refractivity contribution in [2.75, 3.05) is 11.9 Å². The Kier molecular flexibility index (Phi) is 3.45. The minimum atomic E-state index is -4.46. The van der Waals surface area contributed by atoms with Crippen molar-refractivity contribution in [1.82, 2.24) is 9.36 Å². The van der Waals surface area contributed by atoms with Crippen molar-refractivity contribution >= 4 is 16.7 Å². The number of hydrogen-bond acceptors (Lipinski definition) is 4. The molecule has 78 valence electrons. The number of nitrogens with zero attached hydrogens (tertiary/aromatic N) is 2. The molecule has 0 radical (unpaired) electrons. The first-order valence-electron chi connectivity index (χ1n) is 3.79. The molecule has 0 aliphatic heterocycles. The van der Waals surface area contributed by atoms with Gasteiger partial charge in [0.15, 0.2) is 0 Å². The summed E-state index contributed by atoms with van der Waals surface area (Å²) in [6, 6.07) is 0. The molecule has 0 saturated carbocycles. The summed E-state index contributed by atoms with van der Waals surface area (Å²) in [6.45, 7) is 3.99. The van der Waals surface area contributed by atoms with E-state index < -0.39 is 12.0 Å². The van der Waals surface area contributed by atoms with E-state index in [4.69, 9.17) is 0 Å². The third-order valence-corrected chi connectivity index (χ3v) is 1.98. The van der Waals surface area contributed by atoms with E-state index in [0.717, 1.165) is 0 Å². The second-order valence-corrected chi connectivity index (χ2v) is 3.18. The molecule has 7 heteroatoms. The van der Waals surface area contributed by atoms with Gasteiger partial charge in [0.25, 0.3) is 0 Å². The Bertz CT molecular complexity index is 307. The second kappa shape index (κ2) is 4.41. The maximum Gasteiger partial charge on any atom is 0.452 e. The summed E-state index contributed by atoms with van der Waals surface area (Å²) in [7, 11) is 0. The van der Waals surface area contributed by atoms with Crippen molar-refractivity contribution in [3.63, 3.8) is 0 Å². The highest BCUT2D eigenvalue weighted by Crippen LogP contribution is 2.28. The van der Waals surface area contributed by atoms with Crippen LogP contribution in [0.1, 0.15) is 12.2 Å². The molecular weight excluding hydrogens is 215 g/mol. The quantitative estimate of drug-likeness (QED) is 0.629. The lowest BCUT2D eigenvalue weighted by Gasteiger charge is -1.99. The molecule has 0 unspecified atom stereocenters. The van der Waals surface area contributed by atoms with Gasteiger partial charge in [0.2, 0.25) is 11.0 Å². The van der Waals surface area contributed by atoms with Crippen LogP contribution >= 0.6 is 11.5 Å². The predicted octanol–water partition coefficient (Wildman–Crippen LogP) is 2.54. The fraction of sp³-hybridized carbons (Fsp3) is 0.429. The van der Waals surface area contributed by atoms with Gasteiger partial charge in [0, 0.05) is 18.1 Å². The minimum Gasteiger partial charge on any atom is -0.360 e. The summed E-state index contributed by atoms with van der Waals surface area (Å²) >= 11 is 0.700. The summed E-state index contributed by atoms with van der Waals surface area (Å²) in [5.41, 5.74) is 0. The van der Waals surface area contributed by atoms with Crippen LogP contribution < -0.4 is 5.32 Å². The number of nitrogens with one attached hydrogen (secondary N) is 1. The van der Waals surface area contributed by atoms with Crippen molar-refractivity contribution in [3.05, 3.63) is 18.5 Å². The Morgan fingerprint density at radius 1 is 1.50 bits per heavy atom. The normalized spacial score (nSPS) is 11.4. The average molecular weight is 223 g/mol. The lowest BCUT2D eigenvalue weighted by atomic mass is 10.4. The topological polar surface area (TPSA) is 37.8 Å². The molecule has 0 aliphatic carbocycles. The van der Waals surface area contributed by atoms with E-state index >= 15 is 0 Å². The van der Waals surface area contributed by atoms with Crippen molar-refractivity contribution in [3.8, 4) is 0 Å². The van der Waals surface area contributed by atoms with E-state index in [-0.39, 0.29) is 5.13 Å². The lowest BCUT2D eigenvalue weighted by molar-refractivity contribution is -0.144. The fourth-order valence-corrected chi connectivity index (χ4v) is 1.30. The van der Waals surface area contributed by atoms with Crippen molar-refractivity contribution in [2.24, 2.45) is 0 Å². The molecule has 1 heterocycles. The van der Waals surface area contributed by atoms with Crippen LogP contribution in [-0.4, -0.2) is 15.9 Å². The first-order chi connectivity index (χ1) is 6.54. The summed E-state index contributed by atoms with van der Waals surface area (Å²) in [5, 5.41) is 2.89. The second-order valence-electron chi connectivity index (χ2n) is 2.43. The van der Waals surface area contributed by atoms with Crippen molar-refractivity contribution < 1.29 is 13.2 Å². The van der Waals surface area contributed by atoms with Crippen molar-refractivity contribution in [1.29, 1.82) is 0 Å². The van der Waals surface area contributed by atoms with Crippen molar-refractivity contribution in [2.45, 2.75) is 12.6 Å².